The van der Waals surface area contributed by atoms with Crippen LogP contribution in [0.5, 0.6) is 5.75 Å². The van der Waals surface area contributed by atoms with Crippen molar-refractivity contribution >= 4 is 17.8 Å². The average molecular weight is 314 g/mol. The number of aryl methyl sites for hydroxylation is 1. The van der Waals surface area contributed by atoms with Crippen molar-refractivity contribution in [1.82, 2.24) is 10.4 Å². The number of hydrogen-bond donors (Lipinski definition) is 2. The fourth-order valence-electron chi connectivity index (χ4n) is 1.74. The molecule has 0 bridgehead atoms. The highest BCUT2D eigenvalue weighted by Gasteiger charge is 2.09. The molecule has 1 aromatic carbocycles. The molecule has 0 saturated heterocycles. The molecule has 2 aromatic rings. The molecule has 0 fully saturated rings. The molecular formula is C15H14N4O4. The van der Waals surface area contributed by atoms with Crippen molar-refractivity contribution in [3.8, 4) is 5.75 Å². The van der Waals surface area contributed by atoms with Crippen molar-refractivity contribution in [2.75, 3.05) is 0 Å². The standard InChI is InChI=1S/C15H14N4O4/c1-2-10-3-5-13(16-8-10)15(21)18-17-9-11-7-12(19(22)23)4-6-14(11)20/h3-9,20H,2H2,1H3,(H,18,21)/b17-9+. The summed E-state index contributed by atoms with van der Waals surface area (Å²) in [5.74, 6) is -0.701. The minimum atomic E-state index is -0.589. The van der Waals surface area contributed by atoms with E-state index in [1.165, 1.54) is 12.1 Å². The first-order valence-electron chi connectivity index (χ1n) is 6.77. The van der Waals surface area contributed by atoms with Gasteiger partial charge in [0.05, 0.1) is 11.1 Å². The van der Waals surface area contributed by atoms with Crippen LogP contribution in [0.3, 0.4) is 0 Å². The molecule has 0 atom stereocenters. The first kappa shape index (κ1) is 16.1. The van der Waals surface area contributed by atoms with Gasteiger partial charge in [0.1, 0.15) is 11.4 Å². The predicted octanol–water partition coefficient (Wildman–Crippen LogP) is 2.02. The highest BCUT2D eigenvalue weighted by molar-refractivity contribution is 5.93. The van der Waals surface area contributed by atoms with Gasteiger partial charge in [0.15, 0.2) is 0 Å². The molecule has 0 radical (unpaired) electrons. The van der Waals surface area contributed by atoms with E-state index in [0.717, 1.165) is 24.3 Å². The molecule has 2 N–H and O–H groups in total. The van der Waals surface area contributed by atoms with Crippen LogP contribution in [0.25, 0.3) is 0 Å². The molecule has 1 amide bonds. The molecule has 8 nitrogen and oxygen atoms in total. The third-order valence-electron chi connectivity index (χ3n) is 3.06. The van der Waals surface area contributed by atoms with E-state index in [-0.39, 0.29) is 22.7 Å². The normalized spacial score (nSPS) is 10.7. The lowest BCUT2D eigenvalue weighted by Crippen LogP contribution is -2.19. The number of carbonyl (C=O) groups excluding carboxylic acids is 1. The largest absolute Gasteiger partial charge is 0.507 e. The lowest BCUT2D eigenvalue weighted by molar-refractivity contribution is -0.384. The number of carbonyl (C=O) groups is 1. The molecule has 8 heteroatoms. The number of pyridine rings is 1. The number of non-ortho nitro benzene ring substituents is 1. The Hall–Kier alpha value is -3.29. The van der Waals surface area contributed by atoms with Crippen molar-refractivity contribution in [3.63, 3.8) is 0 Å². The van der Waals surface area contributed by atoms with Gasteiger partial charge < -0.3 is 5.11 Å². The second-order valence-electron chi connectivity index (χ2n) is 4.60. The van der Waals surface area contributed by atoms with Crippen molar-refractivity contribution in [3.05, 3.63) is 63.5 Å². The van der Waals surface area contributed by atoms with Gasteiger partial charge in [-0.25, -0.2) is 5.43 Å². The number of nitrogens with zero attached hydrogens (tertiary/aromatic N) is 3. The number of nitro benzene ring substituents is 1. The molecule has 0 aliphatic carbocycles. The summed E-state index contributed by atoms with van der Waals surface area (Å²) >= 11 is 0. The summed E-state index contributed by atoms with van der Waals surface area (Å²) < 4.78 is 0. The van der Waals surface area contributed by atoms with Crippen LogP contribution in [-0.4, -0.2) is 27.1 Å². The minimum Gasteiger partial charge on any atom is -0.507 e. The zero-order chi connectivity index (χ0) is 16.8. The van der Waals surface area contributed by atoms with Crippen molar-refractivity contribution < 1.29 is 14.8 Å². The first-order chi connectivity index (χ1) is 11.0. The summed E-state index contributed by atoms with van der Waals surface area (Å²) in [4.78, 5) is 25.9. The van der Waals surface area contributed by atoms with Crippen molar-refractivity contribution in [1.29, 1.82) is 0 Å². The smallest absolute Gasteiger partial charge is 0.289 e. The number of benzene rings is 1. The number of nitrogens with one attached hydrogen (secondary N) is 1. The number of aromatic hydroxyl groups is 1. The van der Waals surface area contributed by atoms with Crippen LogP contribution >= 0.6 is 0 Å². The fraction of sp³-hybridized carbons (Fsp3) is 0.133. The Morgan fingerprint density at radius 1 is 1.43 bits per heavy atom. The van der Waals surface area contributed by atoms with Crippen LogP contribution in [0.1, 0.15) is 28.5 Å². The number of hydrazone groups is 1. The lowest BCUT2D eigenvalue weighted by Gasteiger charge is -2.01. The topological polar surface area (TPSA) is 118 Å². The number of amides is 1. The lowest BCUT2D eigenvalue weighted by atomic mass is 10.2. The van der Waals surface area contributed by atoms with Crippen molar-refractivity contribution in [2.24, 2.45) is 5.10 Å². The van der Waals surface area contributed by atoms with Crippen LogP contribution in [0, 0.1) is 10.1 Å². The molecule has 0 unspecified atom stereocenters. The molecule has 0 aliphatic rings. The summed E-state index contributed by atoms with van der Waals surface area (Å²) in [5, 5.41) is 24.0. The van der Waals surface area contributed by atoms with Gasteiger partial charge in [-0.15, -0.1) is 0 Å². The highest BCUT2D eigenvalue weighted by atomic mass is 16.6. The van der Waals surface area contributed by atoms with E-state index in [4.69, 9.17) is 0 Å². The Morgan fingerprint density at radius 3 is 2.83 bits per heavy atom. The molecule has 0 saturated carbocycles. The third-order valence-corrected chi connectivity index (χ3v) is 3.06. The summed E-state index contributed by atoms with van der Waals surface area (Å²) in [6, 6.07) is 6.88. The van der Waals surface area contributed by atoms with Crippen LogP contribution in [0.2, 0.25) is 0 Å². The van der Waals surface area contributed by atoms with Gasteiger partial charge in [-0.05, 0) is 24.1 Å². The molecule has 1 aromatic heterocycles. The Kier molecular flexibility index (Phi) is 4.98. The Balaban J connectivity index is 2.07. The van der Waals surface area contributed by atoms with Gasteiger partial charge in [0.25, 0.3) is 11.6 Å². The summed E-state index contributed by atoms with van der Waals surface area (Å²) in [7, 11) is 0. The Bertz CT molecular complexity index is 757. The maximum absolute atomic E-state index is 11.8. The van der Waals surface area contributed by atoms with Gasteiger partial charge in [0, 0.05) is 23.9 Å². The summed E-state index contributed by atoms with van der Waals surface area (Å²) in [5.41, 5.74) is 3.38. The molecule has 23 heavy (non-hydrogen) atoms. The maximum Gasteiger partial charge on any atom is 0.289 e. The van der Waals surface area contributed by atoms with E-state index in [9.17, 15) is 20.0 Å². The first-order valence-corrected chi connectivity index (χ1v) is 6.77. The van der Waals surface area contributed by atoms with Gasteiger partial charge in [-0.3, -0.25) is 19.9 Å². The van der Waals surface area contributed by atoms with Crippen LogP contribution < -0.4 is 5.43 Å². The molecule has 118 valence electrons. The van der Waals surface area contributed by atoms with E-state index in [1.807, 2.05) is 6.92 Å². The monoisotopic (exact) mass is 314 g/mol. The number of phenols is 1. The number of rotatable bonds is 5. The number of nitro groups is 1. The van der Waals surface area contributed by atoms with Crippen LogP contribution in [0.15, 0.2) is 41.6 Å². The zero-order valence-electron chi connectivity index (χ0n) is 12.3. The molecule has 0 spiro atoms. The number of hydrogen-bond acceptors (Lipinski definition) is 6. The Labute approximate surface area is 131 Å². The van der Waals surface area contributed by atoms with E-state index in [1.54, 1.807) is 18.3 Å². The van der Waals surface area contributed by atoms with E-state index >= 15 is 0 Å². The predicted molar refractivity (Wildman–Crippen MR) is 83.4 cm³/mol. The minimum absolute atomic E-state index is 0.119. The van der Waals surface area contributed by atoms with Crippen molar-refractivity contribution in [2.45, 2.75) is 13.3 Å². The Morgan fingerprint density at radius 2 is 2.22 bits per heavy atom. The second kappa shape index (κ2) is 7.12. The summed E-state index contributed by atoms with van der Waals surface area (Å²) in [6.07, 6.45) is 3.55. The highest BCUT2D eigenvalue weighted by Crippen LogP contribution is 2.21. The molecule has 2 rings (SSSR count). The average Bonchev–Trinajstić information content (AvgIpc) is 2.56. The third kappa shape index (κ3) is 4.10. The SMILES string of the molecule is CCc1ccc(C(=O)N/N=C/c2cc([N+](=O)[O-])ccc2O)nc1. The number of aromatic nitrogens is 1. The molecule has 1 heterocycles. The van der Waals surface area contributed by atoms with E-state index in [2.05, 4.69) is 15.5 Å². The van der Waals surface area contributed by atoms with Crippen LogP contribution in [-0.2, 0) is 6.42 Å². The number of phenolic OH excluding ortho intramolecular Hbond substituents is 1. The van der Waals surface area contributed by atoms with E-state index < -0.39 is 10.8 Å². The maximum atomic E-state index is 11.8. The van der Waals surface area contributed by atoms with Gasteiger partial charge in [0.2, 0.25) is 0 Å². The fourth-order valence-corrected chi connectivity index (χ4v) is 1.74. The molecular weight excluding hydrogens is 300 g/mol. The summed E-state index contributed by atoms with van der Waals surface area (Å²) in [6.45, 7) is 1.98. The zero-order valence-corrected chi connectivity index (χ0v) is 12.3. The van der Waals surface area contributed by atoms with E-state index in [0.29, 0.717) is 0 Å². The molecule has 0 aliphatic heterocycles. The van der Waals surface area contributed by atoms with Gasteiger partial charge >= 0.3 is 0 Å². The van der Waals surface area contributed by atoms with Gasteiger partial charge in [-0.1, -0.05) is 13.0 Å². The van der Waals surface area contributed by atoms with Gasteiger partial charge in [-0.2, -0.15) is 5.10 Å². The second-order valence-corrected chi connectivity index (χ2v) is 4.60. The van der Waals surface area contributed by atoms with Crippen LogP contribution in [0.4, 0.5) is 5.69 Å². The quantitative estimate of drug-likeness (QED) is 0.497.